The van der Waals surface area contributed by atoms with E-state index in [4.69, 9.17) is 0 Å². The number of carbonyl (C=O) groups excluding carboxylic acids is 1. The molecule has 1 aromatic carbocycles. The van der Waals surface area contributed by atoms with Crippen LogP contribution in [0.15, 0.2) is 48.0 Å². The maximum Gasteiger partial charge on any atom is 0.271 e. The minimum Gasteiger partial charge on any atom is -0.350 e. The molecule has 0 radical (unpaired) electrons. The third kappa shape index (κ3) is 2.31. The van der Waals surface area contributed by atoms with Crippen LogP contribution in [0.5, 0.6) is 0 Å². The number of rotatable bonds is 3. The zero-order valence-electron chi connectivity index (χ0n) is 10.9. The van der Waals surface area contributed by atoms with E-state index >= 15 is 0 Å². The molecule has 0 bridgehead atoms. The summed E-state index contributed by atoms with van der Waals surface area (Å²) in [5, 5.41) is 3.95. The normalized spacial score (nSPS) is 11.2. The highest BCUT2D eigenvalue weighted by atomic mass is 16.2. The highest BCUT2D eigenvalue weighted by Crippen LogP contribution is 2.11. The summed E-state index contributed by atoms with van der Waals surface area (Å²) >= 11 is 0. The number of H-pyrrole nitrogens is 1. The molecule has 3 aromatic rings. The van der Waals surface area contributed by atoms with Crippen molar-refractivity contribution in [1.82, 2.24) is 20.0 Å². The molecule has 0 saturated heterocycles. The molecule has 0 unspecified atom stereocenters. The number of hydrogen-bond acceptors (Lipinski definition) is 3. The summed E-state index contributed by atoms with van der Waals surface area (Å²) in [6.07, 6.45) is 5.11. The van der Waals surface area contributed by atoms with Crippen LogP contribution in [-0.2, 0) is 7.05 Å². The van der Waals surface area contributed by atoms with Gasteiger partial charge in [-0.25, -0.2) is 10.4 Å². The smallest absolute Gasteiger partial charge is 0.271 e. The fraction of sp³-hybridized carbons (Fsp3) is 0.0714. The fourth-order valence-electron chi connectivity index (χ4n) is 1.91. The Hall–Kier alpha value is -2.89. The Morgan fingerprint density at radius 2 is 2.35 bits per heavy atom. The van der Waals surface area contributed by atoms with Crippen LogP contribution in [0.3, 0.4) is 0 Å². The number of amides is 1. The number of aromatic nitrogens is 3. The standard InChI is InChI=1S/C14H13N5O/c1-19-6-2-3-11(19)8-17-18-14(20)10-4-5-12-13(7-10)16-9-15-12/h2-9H,1H3,(H,15,16)(H,18,20)/b17-8+. The van der Waals surface area contributed by atoms with E-state index in [-0.39, 0.29) is 5.91 Å². The molecule has 1 amide bonds. The summed E-state index contributed by atoms with van der Waals surface area (Å²) in [7, 11) is 1.91. The summed E-state index contributed by atoms with van der Waals surface area (Å²) in [5.41, 5.74) is 5.60. The Morgan fingerprint density at radius 3 is 3.15 bits per heavy atom. The van der Waals surface area contributed by atoms with Gasteiger partial charge < -0.3 is 9.55 Å². The number of imidazole rings is 1. The molecule has 0 aliphatic rings. The number of nitrogens with one attached hydrogen (secondary N) is 2. The van der Waals surface area contributed by atoms with Gasteiger partial charge in [0.2, 0.25) is 0 Å². The van der Waals surface area contributed by atoms with Crippen LogP contribution < -0.4 is 5.43 Å². The minimum atomic E-state index is -0.257. The quantitative estimate of drug-likeness (QED) is 0.559. The monoisotopic (exact) mass is 267 g/mol. The van der Waals surface area contributed by atoms with E-state index in [0.29, 0.717) is 5.56 Å². The summed E-state index contributed by atoms with van der Waals surface area (Å²) in [4.78, 5) is 19.0. The highest BCUT2D eigenvalue weighted by Gasteiger charge is 2.06. The second kappa shape index (κ2) is 5.00. The number of hydrazone groups is 1. The number of aryl methyl sites for hydroxylation is 1. The van der Waals surface area contributed by atoms with Gasteiger partial charge in [0, 0.05) is 18.8 Å². The number of fused-ring (bicyclic) bond motifs is 1. The maximum absolute atomic E-state index is 12.0. The first-order valence-electron chi connectivity index (χ1n) is 6.12. The van der Waals surface area contributed by atoms with Crippen molar-refractivity contribution in [1.29, 1.82) is 0 Å². The molecule has 3 rings (SSSR count). The molecule has 0 spiro atoms. The van der Waals surface area contributed by atoms with Crippen molar-refractivity contribution in [2.24, 2.45) is 12.1 Å². The van der Waals surface area contributed by atoms with Gasteiger partial charge in [0.25, 0.3) is 5.91 Å². The zero-order valence-corrected chi connectivity index (χ0v) is 10.9. The first-order valence-corrected chi connectivity index (χ1v) is 6.12. The van der Waals surface area contributed by atoms with E-state index in [1.54, 1.807) is 30.7 Å². The van der Waals surface area contributed by atoms with Gasteiger partial charge in [-0.3, -0.25) is 4.79 Å². The van der Waals surface area contributed by atoms with Crippen LogP contribution in [-0.4, -0.2) is 26.7 Å². The second-order valence-corrected chi connectivity index (χ2v) is 4.38. The SMILES string of the molecule is Cn1cccc1/C=N/NC(=O)c1ccc2nc[nH]c2c1. The van der Waals surface area contributed by atoms with E-state index in [1.807, 2.05) is 29.9 Å². The van der Waals surface area contributed by atoms with E-state index < -0.39 is 0 Å². The Morgan fingerprint density at radius 1 is 1.45 bits per heavy atom. The van der Waals surface area contributed by atoms with Crippen LogP contribution >= 0.6 is 0 Å². The molecular weight excluding hydrogens is 254 g/mol. The summed E-state index contributed by atoms with van der Waals surface area (Å²) in [6.45, 7) is 0. The van der Waals surface area contributed by atoms with Crippen molar-refractivity contribution < 1.29 is 4.79 Å². The Bertz CT molecular complexity index is 784. The fourth-order valence-corrected chi connectivity index (χ4v) is 1.91. The molecule has 100 valence electrons. The van der Waals surface area contributed by atoms with E-state index in [2.05, 4.69) is 20.5 Å². The van der Waals surface area contributed by atoms with Gasteiger partial charge in [0.1, 0.15) is 0 Å². The molecule has 0 atom stereocenters. The molecule has 0 aliphatic heterocycles. The topological polar surface area (TPSA) is 75.1 Å². The van der Waals surface area contributed by atoms with Crippen LogP contribution in [0.1, 0.15) is 16.1 Å². The van der Waals surface area contributed by atoms with Gasteiger partial charge in [-0.2, -0.15) is 5.10 Å². The molecular formula is C14H13N5O. The van der Waals surface area contributed by atoms with Crippen molar-refractivity contribution in [2.75, 3.05) is 0 Å². The van der Waals surface area contributed by atoms with Gasteiger partial charge in [-0.1, -0.05) is 0 Å². The number of aromatic amines is 1. The predicted molar refractivity (Wildman–Crippen MR) is 76.6 cm³/mol. The Balaban J connectivity index is 1.72. The van der Waals surface area contributed by atoms with Crippen LogP contribution in [0, 0.1) is 0 Å². The van der Waals surface area contributed by atoms with Crippen molar-refractivity contribution in [2.45, 2.75) is 0 Å². The van der Waals surface area contributed by atoms with Crippen LogP contribution in [0.4, 0.5) is 0 Å². The molecule has 2 aromatic heterocycles. The number of benzene rings is 1. The van der Waals surface area contributed by atoms with Crippen molar-refractivity contribution in [3.8, 4) is 0 Å². The molecule has 6 heteroatoms. The number of nitrogens with zero attached hydrogens (tertiary/aromatic N) is 3. The second-order valence-electron chi connectivity index (χ2n) is 4.38. The first kappa shape index (κ1) is 12.2. The first-order chi connectivity index (χ1) is 9.74. The largest absolute Gasteiger partial charge is 0.350 e. The molecule has 20 heavy (non-hydrogen) atoms. The molecule has 0 saturated carbocycles. The Kier molecular flexibility index (Phi) is 3.04. The third-order valence-corrected chi connectivity index (χ3v) is 3.03. The minimum absolute atomic E-state index is 0.257. The molecule has 2 N–H and O–H groups in total. The van der Waals surface area contributed by atoms with Crippen LogP contribution in [0.2, 0.25) is 0 Å². The van der Waals surface area contributed by atoms with Crippen molar-refractivity contribution in [3.63, 3.8) is 0 Å². The van der Waals surface area contributed by atoms with Gasteiger partial charge in [0.15, 0.2) is 0 Å². The summed E-state index contributed by atoms with van der Waals surface area (Å²) < 4.78 is 1.91. The van der Waals surface area contributed by atoms with E-state index in [1.165, 1.54) is 0 Å². The lowest BCUT2D eigenvalue weighted by atomic mass is 10.2. The van der Waals surface area contributed by atoms with E-state index in [9.17, 15) is 4.79 Å². The number of carbonyl (C=O) groups is 1. The van der Waals surface area contributed by atoms with Crippen molar-refractivity contribution >= 4 is 23.2 Å². The summed E-state index contributed by atoms with van der Waals surface area (Å²) in [6, 6.07) is 9.08. The van der Waals surface area contributed by atoms with Crippen LogP contribution in [0.25, 0.3) is 11.0 Å². The average Bonchev–Trinajstić information content (AvgIpc) is 3.07. The predicted octanol–water partition coefficient (Wildman–Crippen LogP) is 1.67. The van der Waals surface area contributed by atoms with Gasteiger partial charge in [-0.05, 0) is 30.3 Å². The molecule has 0 fully saturated rings. The lowest BCUT2D eigenvalue weighted by Gasteiger charge is -2.00. The highest BCUT2D eigenvalue weighted by molar-refractivity contribution is 5.97. The lowest BCUT2D eigenvalue weighted by Crippen LogP contribution is -2.17. The zero-order chi connectivity index (χ0) is 13.9. The lowest BCUT2D eigenvalue weighted by molar-refractivity contribution is 0.0955. The van der Waals surface area contributed by atoms with Gasteiger partial charge in [-0.15, -0.1) is 0 Å². The van der Waals surface area contributed by atoms with Gasteiger partial charge >= 0.3 is 0 Å². The summed E-state index contributed by atoms with van der Waals surface area (Å²) in [5.74, 6) is -0.257. The Labute approximate surface area is 115 Å². The maximum atomic E-state index is 12.0. The van der Waals surface area contributed by atoms with Crippen molar-refractivity contribution in [3.05, 3.63) is 54.1 Å². The molecule has 2 heterocycles. The van der Waals surface area contributed by atoms with E-state index in [0.717, 1.165) is 16.7 Å². The number of hydrogen-bond donors (Lipinski definition) is 2. The third-order valence-electron chi connectivity index (χ3n) is 3.03. The van der Waals surface area contributed by atoms with Gasteiger partial charge in [0.05, 0.1) is 29.3 Å². The average molecular weight is 267 g/mol. The molecule has 0 aliphatic carbocycles. The molecule has 6 nitrogen and oxygen atoms in total.